The maximum Gasteiger partial charge on any atom is 0.333 e. The van der Waals surface area contributed by atoms with Crippen LogP contribution in [0.5, 0.6) is 0 Å². The molecule has 1 N–H and O–H groups in total. The third kappa shape index (κ3) is 10.9. The molecule has 0 radical (unpaired) electrons. The molecule has 0 heterocycles. The standard InChI is InChI=1S/C8H14O3.C2H4/c1-7(2)8(10)11-6-4-3-5-9;1-2/h9H,1,3-6H2,2H3;1-2H2. The Morgan fingerprint density at radius 1 is 1.38 bits per heavy atom. The second kappa shape index (κ2) is 10.9. The highest BCUT2D eigenvalue weighted by Crippen LogP contribution is 1.94. The molecule has 0 bridgehead atoms. The molecule has 0 aliphatic carbocycles. The summed E-state index contributed by atoms with van der Waals surface area (Å²) in [5.74, 6) is -0.358. The second-order valence-corrected chi connectivity index (χ2v) is 2.35. The molecule has 0 atom stereocenters. The van der Waals surface area contributed by atoms with Crippen LogP contribution in [0.3, 0.4) is 0 Å². The number of carbonyl (C=O) groups excluding carboxylic acids is 1. The van der Waals surface area contributed by atoms with E-state index in [1.165, 1.54) is 0 Å². The number of rotatable bonds is 5. The van der Waals surface area contributed by atoms with E-state index in [9.17, 15) is 4.79 Å². The zero-order valence-corrected chi connectivity index (χ0v) is 8.21. The average molecular weight is 186 g/mol. The molecule has 0 aromatic rings. The number of hydrogen-bond donors (Lipinski definition) is 1. The lowest BCUT2D eigenvalue weighted by Crippen LogP contribution is -2.06. The molecule has 0 spiro atoms. The van der Waals surface area contributed by atoms with Gasteiger partial charge < -0.3 is 9.84 Å². The van der Waals surface area contributed by atoms with Gasteiger partial charge in [-0.1, -0.05) is 6.58 Å². The molecule has 0 fully saturated rings. The van der Waals surface area contributed by atoms with Crippen molar-refractivity contribution >= 4 is 5.97 Å². The van der Waals surface area contributed by atoms with Crippen LogP contribution in [0.15, 0.2) is 25.3 Å². The highest BCUT2D eigenvalue weighted by molar-refractivity contribution is 5.86. The predicted octanol–water partition coefficient (Wildman–Crippen LogP) is 1.68. The lowest BCUT2D eigenvalue weighted by atomic mass is 10.3. The third-order valence-electron chi connectivity index (χ3n) is 1.13. The quantitative estimate of drug-likeness (QED) is 0.307. The number of aliphatic hydroxyl groups excluding tert-OH is 1. The third-order valence-corrected chi connectivity index (χ3v) is 1.13. The molecule has 0 saturated carbocycles. The van der Waals surface area contributed by atoms with E-state index in [1.54, 1.807) is 6.92 Å². The van der Waals surface area contributed by atoms with Crippen molar-refractivity contribution < 1.29 is 14.6 Å². The zero-order valence-electron chi connectivity index (χ0n) is 8.21. The molecule has 0 rings (SSSR count). The minimum Gasteiger partial charge on any atom is -0.462 e. The van der Waals surface area contributed by atoms with Gasteiger partial charge in [0.05, 0.1) is 6.61 Å². The summed E-state index contributed by atoms with van der Waals surface area (Å²) in [7, 11) is 0. The Hall–Kier alpha value is -1.09. The van der Waals surface area contributed by atoms with Gasteiger partial charge in [-0.05, 0) is 19.8 Å². The van der Waals surface area contributed by atoms with Gasteiger partial charge in [0.2, 0.25) is 0 Å². The number of hydrogen-bond acceptors (Lipinski definition) is 3. The molecule has 13 heavy (non-hydrogen) atoms. The molecule has 0 aromatic heterocycles. The van der Waals surface area contributed by atoms with Gasteiger partial charge in [-0.3, -0.25) is 0 Å². The van der Waals surface area contributed by atoms with E-state index in [1.807, 2.05) is 0 Å². The first-order chi connectivity index (χ1) is 6.18. The van der Waals surface area contributed by atoms with Gasteiger partial charge in [0.1, 0.15) is 0 Å². The van der Waals surface area contributed by atoms with E-state index in [2.05, 4.69) is 19.7 Å². The van der Waals surface area contributed by atoms with Crippen molar-refractivity contribution in [1.29, 1.82) is 0 Å². The van der Waals surface area contributed by atoms with Gasteiger partial charge in [0.25, 0.3) is 0 Å². The number of ether oxygens (including phenoxy) is 1. The Morgan fingerprint density at radius 2 is 1.92 bits per heavy atom. The van der Waals surface area contributed by atoms with E-state index in [4.69, 9.17) is 9.84 Å². The van der Waals surface area contributed by atoms with E-state index in [0.29, 0.717) is 25.0 Å². The average Bonchev–Trinajstić information content (AvgIpc) is 2.15. The molecule has 0 saturated heterocycles. The molecular formula is C10H18O3. The van der Waals surface area contributed by atoms with Crippen molar-refractivity contribution in [3.05, 3.63) is 25.3 Å². The minimum atomic E-state index is -0.358. The predicted molar refractivity (Wildman–Crippen MR) is 53.3 cm³/mol. The first kappa shape index (κ1) is 14.4. The van der Waals surface area contributed by atoms with E-state index >= 15 is 0 Å². The van der Waals surface area contributed by atoms with Crippen LogP contribution in [0.25, 0.3) is 0 Å². The van der Waals surface area contributed by atoms with Crippen LogP contribution in [-0.2, 0) is 9.53 Å². The van der Waals surface area contributed by atoms with E-state index in [0.717, 1.165) is 0 Å². The summed E-state index contributed by atoms with van der Waals surface area (Å²) < 4.78 is 4.76. The SMILES string of the molecule is C=C.C=C(C)C(=O)OCCCCO. The lowest BCUT2D eigenvalue weighted by molar-refractivity contribution is -0.139. The fourth-order valence-electron chi connectivity index (χ4n) is 0.502. The van der Waals surface area contributed by atoms with Gasteiger partial charge in [0, 0.05) is 12.2 Å². The van der Waals surface area contributed by atoms with Crippen LogP contribution < -0.4 is 0 Å². The maximum absolute atomic E-state index is 10.7. The fraction of sp³-hybridized carbons (Fsp3) is 0.500. The minimum absolute atomic E-state index is 0.143. The molecule has 0 aliphatic rings. The van der Waals surface area contributed by atoms with Crippen molar-refractivity contribution in [1.82, 2.24) is 0 Å². The van der Waals surface area contributed by atoms with Gasteiger partial charge in [-0.2, -0.15) is 0 Å². The summed E-state index contributed by atoms with van der Waals surface area (Å²) >= 11 is 0. The van der Waals surface area contributed by atoms with Crippen LogP contribution in [0.2, 0.25) is 0 Å². The summed E-state index contributed by atoms with van der Waals surface area (Å²) in [5, 5.41) is 8.38. The molecule has 0 aromatic carbocycles. The maximum atomic E-state index is 10.7. The van der Waals surface area contributed by atoms with Gasteiger partial charge in [-0.25, -0.2) is 4.79 Å². The van der Waals surface area contributed by atoms with Crippen molar-refractivity contribution in [3.63, 3.8) is 0 Å². The van der Waals surface area contributed by atoms with Crippen molar-refractivity contribution in [3.8, 4) is 0 Å². The summed E-state index contributed by atoms with van der Waals surface area (Å²) in [6, 6.07) is 0. The lowest BCUT2D eigenvalue weighted by Gasteiger charge is -2.01. The van der Waals surface area contributed by atoms with Crippen LogP contribution in [0, 0.1) is 0 Å². The normalized spacial score (nSPS) is 8.15. The second-order valence-electron chi connectivity index (χ2n) is 2.35. The number of aliphatic hydroxyl groups is 1. The molecule has 3 heteroatoms. The summed E-state index contributed by atoms with van der Waals surface area (Å²) in [4.78, 5) is 10.7. The summed E-state index contributed by atoms with van der Waals surface area (Å²) in [6.45, 7) is 11.5. The van der Waals surface area contributed by atoms with E-state index < -0.39 is 0 Å². The highest BCUT2D eigenvalue weighted by Gasteiger charge is 2.00. The number of esters is 1. The summed E-state index contributed by atoms with van der Waals surface area (Å²) in [6.07, 6.45) is 1.37. The summed E-state index contributed by atoms with van der Waals surface area (Å²) in [5.41, 5.74) is 0.411. The first-order valence-electron chi connectivity index (χ1n) is 4.12. The molecule has 0 aliphatic heterocycles. The zero-order chi connectivity index (χ0) is 10.7. The topological polar surface area (TPSA) is 46.5 Å². The number of unbranched alkanes of at least 4 members (excludes halogenated alkanes) is 1. The van der Waals surface area contributed by atoms with Crippen LogP contribution in [-0.4, -0.2) is 24.3 Å². The Bertz CT molecular complexity index is 152. The Balaban J connectivity index is 0. The molecule has 0 unspecified atom stereocenters. The first-order valence-corrected chi connectivity index (χ1v) is 4.12. The smallest absolute Gasteiger partial charge is 0.333 e. The van der Waals surface area contributed by atoms with Crippen LogP contribution in [0.4, 0.5) is 0 Å². The Kier molecular flexibility index (Phi) is 12.1. The highest BCUT2D eigenvalue weighted by atomic mass is 16.5. The van der Waals surface area contributed by atoms with Crippen LogP contribution in [0.1, 0.15) is 19.8 Å². The van der Waals surface area contributed by atoms with Crippen molar-refractivity contribution in [2.24, 2.45) is 0 Å². The van der Waals surface area contributed by atoms with Gasteiger partial charge in [0.15, 0.2) is 0 Å². The van der Waals surface area contributed by atoms with Gasteiger partial charge >= 0.3 is 5.97 Å². The molecule has 0 amide bonds. The monoisotopic (exact) mass is 186 g/mol. The largest absolute Gasteiger partial charge is 0.462 e. The van der Waals surface area contributed by atoms with E-state index in [-0.39, 0.29) is 12.6 Å². The molecule has 76 valence electrons. The van der Waals surface area contributed by atoms with Gasteiger partial charge in [-0.15, -0.1) is 13.2 Å². The van der Waals surface area contributed by atoms with Crippen LogP contribution >= 0.6 is 0 Å². The molecular weight excluding hydrogens is 168 g/mol. The van der Waals surface area contributed by atoms with Crippen molar-refractivity contribution in [2.75, 3.05) is 13.2 Å². The Labute approximate surface area is 79.7 Å². The number of carbonyl (C=O) groups is 1. The fourth-order valence-corrected chi connectivity index (χ4v) is 0.502. The Morgan fingerprint density at radius 3 is 2.31 bits per heavy atom. The molecule has 3 nitrogen and oxygen atoms in total. The van der Waals surface area contributed by atoms with Crippen molar-refractivity contribution in [2.45, 2.75) is 19.8 Å².